The number of benzene rings is 1. The third kappa shape index (κ3) is 2.49. The normalized spacial score (nSPS) is 11.1. The Morgan fingerprint density at radius 2 is 2.20 bits per heavy atom. The summed E-state index contributed by atoms with van der Waals surface area (Å²) in [6.07, 6.45) is 4.58. The van der Waals surface area contributed by atoms with Crippen LogP contribution in [0.2, 0.25) is 0 Å². The van der Waals surface area contributed by atoms with Crippen LogP contribution >= 0.6 is 11.8 Å². The molecule has 0 aliphatic heterocycles. The van der Waals surface area contributed by atoms with Crippen molar-refractivity contribution in [3.63, 3.8) is 0 Å². The summed E-state index contributed by atoms with van der Waals surface area (Å²) >= 11 is 1.47. The highest BCUT2D eigenvalue weighted by Gasteiger charge is 2.07. The lowest BCUT2D eigenvalue weighted by Crippen LogP contribution is -2.04. The van der Waals surface area contributed by atoms with E-state index in [1.54, 1.807) is 12.3 Å². The molecule has 5 heteroatoms. The Hall–Kier alpha value is -2.01. The van der Waals surface area contributed by atoms with Crippen LogP contribution in [0.5, 0.6) is 0 Å². The molecule has 0 fully saturated rings. The Kier molecular flexibility index (Phi) is 3.60. The van der Waals surface area contributed by atoms with Crippen LogP contribution in [-0.2, 0) is 12.3 Å². The molecule has 0 atom stereocenters. The molecule has 3 aromatic rings. The van der Waals surface area contributed by atoms with Crippen molar-refractivity contribution in [2.24, 2.45) is 0 Å². The number of rotatable bonds is 4. The van der Waals surface area contributed by atoms with Crippen LogP contribution in [0.3, 0.4) is 0 Å². The molecule has 0 unspecified atom stereocenters. The zero-order valence-electron chi connectivity index (χ0n) is 11.1. The molecule has 2 heterocycles. The molecule has 4 nitrogen and oxygen atoms in total. The highest BCUT2D eigenvalue weighted by atomic mass is 32.2. The van der Waals surface area contributed by atoms with Crippen LogP contribution in [0.25, 0.3) is 11.0 Å². The van der Waals surface area contributed by atoms with Crippen molar-refractivity contribution in [3.8, 4) is 0 Å². The zero-order valence-corrected chi connectivity index (χ0v) is 11.9. The fourth-order valence-electron chi connectivity index (χ4n) is 2.05. The molecular weight excluding hydrogens is 272 g/mol. The first-order valence-corrected chi connectivity index (χ1v) is 7.42. The van der Waals surface area contributed by atoms with Crippen molar-refractivity contribution < 1.29 is 4.42 Å². The van der Waals surface area contributed by atoms with Crippen LogP contribution in [0, 0.1) is 0 Å². The van der Waals surface area contributed by atoms with Gasteiger partial charge in [0.15, 0.2) is 0 Å². The molecule has 0 bridgehead atoms. The lowest BCUT2D eigenvalue weighted by atomic mass is 10.2. The fraction of sp³-hybridized carbons (Fsp3) is 0.200. The zero-order chi connectivity index (χ0) is 13.9. The summed E-state index contributed by atoms with van der Waals surface area (Å²) in [4.78, 5) is 16.8. The van der Waals surface area contributed by atoms with Gasteiger partial charge in [-0.1, -0.05) is 36.9 Å². The number of fused-ring (bicyclic) bond motifs is 1. The summed E-state index contributed by atoms with van der Waals surface area (Å²) in [5, 5.41) is 0.941. The van der Waals surface area contributed by atoms with Gasteiger partial charge in [0.1, 0.15) is 11.4 Å². The second-order valence-electron chi connectivity index (χ2n) is 4.38. The van der Waals surface area contributed by atoms with Gasteiger partial charge in [-0.2, -0.15) is 0 Å². The standard InChI is InChI=1S/C15H14N2O2S/c1-2-14-16-7-8-17(14)10-20-13-9-11-5-3-4-6-12(11)19-15(13)18/h3-9H,2,10H2,1H3. The van der Waals surface area contributed by atoms with E-state index in [9.17, 15) is 4.79 Å². The number of nitrogens with zero attached hydrogens (tertiary/aromatic N) is 2. The molecule has 0 N–H and O–H groups in total. The molecule has 1 aromatic carbocycles. The summed E-state index contributed by atoms with van der Waals surface area (Å²) in [6.45, 7) is 2.06. The van der Waals surface area contributed by atoms with Crippen molar-refractivity contribution in [1.82, 2.24) is 9.55 Å². The SMILES string of the molecule is CCc1nccn1CSc1cc2ccccc2oc1=O. The Morgan fingerprint density at radius 1 is 1.35 bits per heavy atom. The van der Waals surface area contributed by atoms with E-state index >= 15 is 0 Å². The number of hydrogen-bond donors (Lipinski definition) is 0. The van der Waals surface area contributed by atoms with Crippen LogP contribution in [0.1, 0.15) is 12.7 Å². The van der Waals surface area contributed by atoms with Crippen LogP contribution in [-0.4, -0.2) is 9.55 Å². The van der Waals surface area contributed by atoms with Gasteiger partial charge in [0.2, 0.25) is 0 Å². The predicted octanol–water partition coefficient (Wildman–Crippen LogP) is 3.30. The molecule has 0 amide bonds. The largest absolute Gasteiger partial charge is 0.422 e. The highest BCUT2D eigenvalue weighted by Crippen LogP contribution is 2.21. The van der Waals surface area contributed by atoms with Crippen molar-refractivity contribution in [1.29, 1.82) is 0 Å². The molecule has 0 saturated heterocycles. The van der Waals surface area contributed by atoms with Crippen molar-refractivity contribution in [3.05, 3.63) is 59.0 Å². The van der Waals surface area contributed by atoms with Gasteiger partial charge in [-0.25, -0.2) is 9.78 Å². The topological polar surface area (TPSA) is 48.0 Å². The second kappa shape index (κ2) is 5.54. The number of aryl methyl sites for hydroxylation is 1. The Morgan fingerprint density at radius 3 is 3.05 bits per heavy atom. The number of thioether (sulfide) groups is 1. The lowest BCUT2D eigenvalue weighted by molar-refractivity contribution is 0.543. The predicted molar refractivity (Wildman–Crippen MR) is 79.9 cm³/mol. The molecule has 0 aliphatic rings. The van der Waals surface area contributed by atoms with E-state index in [4.69, 9.17) is 4.42 Å². The van der Waals surface area contributed by atoms with Gasteiger partial charge < -0.3 is 8.98 Å². The molecular formula is C15H14N2O2S. The minimum atomic E-state index is -0.285. The van der Waals surface area contributed by atoms with E-state index < -0.39 is 0 Å². The molecule has 3 rings (SSSR count). The van der Waals surface area contributed by atoms with Gasteiger partial charge in [0.25, 0.3) is 0 Å². The maximum atomic E-state index is 11.9. The van der Waals surface area contributed by atoms with Gasteiger partial charge in [-0.05, 0) is 12.1 Å². The van der Waals surface area contributed by atoms with Crippen molar-refractivity contribution >= 4 is 22.7 Å². The van der Waals surface area contributed by atoms with Gasteiger partial charge in [-0.15, -0.1) is 0 Å². The van der Waals surface area contributed by atoms with Crippen molar-refractivity contribution in [2.45, 2.75) is 24.1 Å². The van der Waals surface area contributed by atoms with Crippen LogP contribution in [0.4, 0.5) is 0 Å². The number of para-hydroxylation sites is 1. The number of imidazole rings is 1. The van der Waals surface area contributed by atoms with E-state index in [0.717, 1.165) is 17.6 Å². The molecule has 0 radical (unpaired) electrons. The summed E-state index contributed by atoms with van der Waals surface area (Å²) < 4.78 is 7.36. The summed E-state index contributed by atoms with van der Waals surface area (Å²) in [5.74, 6) is 1.68. The number of aromatic nitrogens is 2. The number of hydrogen-bond acceptors (Lipinski definition) is 4. The van der Waals surface area contributed by atoms with Gasteiger partial charge in [0.05, 0.1) is 10.8 Å². The molecule has 0 saturated carbocycles. The molecule has 102 valence electrons. The minimum absolute atomic E-state index is 0.285. The third-order valence-corrected chi connectivity index (χ3v) is 4.09. The first-order valence-electron chi connectivity index (χ1n) is 6.43. The summed E-state index contributed by atoms with van der Waals surface area (Å²) in [6, 6.07) is 9.42. The molecule has 2 aromatic heterocycles. The molecule has 0 spiro atoms. The average molecular weight is 286 g/mol. The first kappa shape index (κ1) is 13.0. The van der Waals surface area contributed by atoms with Crippen LogP contribution in [0.15, 0.2) is 56.8 Å². The Labute approximate surface area is 120 Å². The lowest BCUT2D eigenvalue weighted by Gasteiger charge is -2.06. The third-order valence-electron chi connectivity index (χ3n) is 3.09. The van der Waals surface area contributed by atoms with E-state index in [1.807, 2.05) is 35.0 Å². The summed E-state index contributed by atoms with van der Waals surface area (Å²) in [5.41, 5.74) is 0.339. The van der Waals surface area contributed by atoms with Crippen LogP contribution < -0.4 is 5.63 Å². The minimum Gasteiger partial charge on any atom is -0.422 e. The van der Waals surface area contributed by atoms with Gasteiger partial charge in [-0.3, -0.25) is 0 Å². The maximum absolute atomic E-state index is 11.9. The molecule has 20 heavy (non-hydrogen) atoms. The summed E-state index contributed by atoms with van der Waals surface area (Å²) in [7, 11) is 0. The van der Waals surface area contributed by atoms with E-state index in [2.05, 4.69) is 11.9 Å². The second-order valence-corrected chi connectivity index (χ2v) is 5.36. The monoisotopic (exact) mass is 286 g/mol. The van der Waals surface area contributed by atoms with Crippen molar-refractivity contribution in [2.75, 3.05) is 0 Å². The first-order chi connectivity index (χ1) is 9.78. The fourth-order valence-corrected chi connectivity index (χ4v) is 2.94. The van der Waals surface area contributed by atoms with E-state index in [1.165, 1.54) is 11.8 Å². The quantitative estimate of drug-likeness (QED) is 0.545. The Balaban J connectivity index is 1.87. The van der Waals surface area contributed by atoms with E-state index in [0.29, 0.717) is 16.4 Å². The maximum Gasteiger partial charge on any atom is 0.350 e. The molecule has 0 aliphatic carbocycles. The Bertz CT molecular complexity index is 792. The van der Waals surface area contributed by atoms with E-state index in [-0.39, 0.29) is 5.63 Å². The average Bonchev–Trinajstić information content (AvgIpc) is 2.92. The smallest absolute Gasteiger partial charge is 0.350 e. The highest BCUT2D eigenvalue weighted by molar-refractivity contribution is 7.98. The van der Waals surface area contributed by atoms with Gasteiger partial charge in [0, 0.05) is 24.2 Å². The van der Waals surface area contributed by atoms with Gasteiger partial charge >= 0.3 is 5.63 Å².